The highest BCUT2D eigenvalue weighted by molar-refractivity contribution is 5.38. The third-order valence-electron chi connectivity index (χ3n) is 3.30. The number of rotatable bonds is 3. The van der Waals surface area contributed by atoms with Crippen molar-refractivity contribution in [1.82, 2.24) is 9.78 Å². The lowest BCUT2D eigenvalue weighted by molar-refractivity contribution is 0.198. The summed E-state index contributed by atoms with van der Waals surface area (Å²) in [5, 5.41) is 14.1. The molecule has 1 fully saturated rings. The molecule has 0 radical (unpaired) electrons. The largest absolute Gasteiger partial charge is 0.391 e. The van der Waals surface area contributed by atoms with Gasteiger partial charge in [0.15, 0.2) is 5.82 Å². The monoisotopic (exact) mass is 243 g/mol. The molecule has 1 atom stereocenters. The average Bonchev–Trinajstić information content (AvgIpc) is 2.99. The molecular formula is C14H17N3O. The van der Waals surface area contributed by atoms with Crippen LogP contribution >= 0.6 is 0 Å². The lowest BCUT2D eigenvalue weighted by Gasteiger charge is -2.13. The molecule has 1 N–H and O–H groups in total. The first-order valence-electron chi connectivity index (χ1n) is 6.32. The number of nitrogens with zero attached hydrogens (tertiary/aromatic N) is 3. The van der Waals surface area contributed by atoms with E-state index in [4.69, 9.17) is 0 Å². The van der Waals surface area contributed by atoms with Gasteiger partial charge in [0.05, 0.1) is 12.6 Å². The van der Waals surface area contributed by atoms with E-state index in [1.807, 2.05) is 35.1 Å². The summed E-state index contributed by atoms with van der Waals surface area (Å²) in [6.45, 7) is 2.38. The molecule has 1 unspecified atom stereocenters. The molecular weight excluding hydrogens is 226 g/mol. The van der Waals surface area contributed by atoms with Gasteiger partial charge in [0.2, 0.25) is 0 Å². The highest BCUT2D eigenvalue weighted by Crippen LogP contribution is 2.18. The Morgan fingerprint density at radius 2 is 2.06 bits per heavy atom. The highest BCUT2D eigenvalue weighted by atomic mass is 16.3. The van der Waals surface area contributed by atoms with Crippen molar-refractivity contribution in [3.63, 3.8) is 0 Å². The predicted molar refractivity (Wildman–Crippen MR) is 70.6 cm³/mol. The minimum atomic E-state index is -0.204. The number of hydrogen-bond acceptors (Lipinski definition) is 3. The molecule has 0 amide bonds. The first-order valence-corrected chi connectivity index (χ1v) is 6.32. The van der Waals surface area contributed by atoms with E-state index in [1.165, 1.54) is 5.56 Å². The van der Waals surface area contributed by atoms with Crippen molar-refractivity contribution in [2.75, 3.05) is 18.0 Å². The molecule has 18 heavy (non-hydrogen) atoms. The zero-order chi connectivity index (χ0) is 12.4. The van der Waals surface area contributed by atoms with Gasteiger partial charge in [0.1, 0.15) is 0 Å². The molecule has 1 aliphatic heterocycles. The van der Waals surface area contributed by atoms with Gasteiger partial charge in [-0.25, -0.2) is 0 Å². The summed E-state index contributed by atoms with van der Waals surface area (Å²) in [7, 11) is 0. The smallest absolute Gasteiger partial charge is 0.150 e. The molecule has 0 aliphatic carbocycles. The number of anilines is 1. The summed E-state index contributed by atoms with van der Waals surface area (Å²) < 4.78 is 1.94. The van der Waals surface area contributed by atoms with Crippen LogP contribution in [0.1, 0.15) is 12.0 Å². The Morgan fingerprint density at radius 1 is 1.22 bits per heavy atom. The van der Waals surface area contributed by atoms with Crippen LogP contribution in [0.15, 0.2) is 42.6 Å². The van der Waals surface area contributed by atoms with Crippen molar-refractivity contribution in [2.45, 2.75) is 19.1 Å². The second-order valence-electron chi connectivity index (χ2n) is 4.75. The van der Waals surface area contributed by atoms with Crippen LogP contribution < -0.4 is 4.90 Å². The van der Waals surface area contributed by atoms with E-state index in [2.05, 4.69) is 22.1 Å². The van der Waals surface area contributed by atoms with Crippen LogP contribution in [0.25, 0.3) is 0 Å². The number of hydrogen-bond donors (Lipinski definition) is 1. The van der Waals surface area contributed by atoms with Gasteiger partial charge < -0.3 is 10.0 Å². The van der Waals surface area contributed by atoms with Crippen LogP contribution in [-0.2, 0) is 6.54 Å². The van der Waals surface area contributed by atoms with Crippen molar-refractivity contribution in [2.24, 2.45) is 0 Å². The molecule has 1 aliphatic rings. The molecule has 4 nitrogen and oxygen atoms in total. The SMILES string of the molecule is OC1CCN(c2ccn(Cc3ccccc3)n2)C1. The Morgan fingerprint density at radius 3 is 2.78 bits per heavy atom. The van der Waals surface area contributed by atoms with Crippen LogP contribution in [0, 0.1) is 0 Å². The molecule has 2 aromatic rings. The van der Waals surface area contributed by atoms with Crippen LogP contribution in [0.2, 0.25) is 0 Å². The summed E-state index contributed by atoms with van der Waals surface area (Å²) >= 11 is 0. The Kier molecular flexibility index (Phi) is 3.02. The number of benzene rings is 1. The lowest BCUT2D eigenvalue weighted by Crippen LogP contribution is -2.21. The fourth-order valence-corrected chi connectivity index (χ4v) is 2.33. The van der Waals surface area contributed by atoms with Crippen LogP contribution in [0.5, 0.6) is 0 Å². The fraction of sp³-hybridized carbons (Fsp3) is 0.357. The normalized spacial score (nSPS) is 19.4. The van der Waals surface area contributed by atoms with Crippen LogP contribution in [-0.4, -0.2) is 34.1 Å². The Labute approximate surface area is 106 Å². The predicted octanol–water partition coefficient (Wildman–Crippen LogP) is 1.50. The Bertz CT molecular complexity index is 509. The first kappa shape index (κ1) is 11.3. The molecule has 0 spiro atoms. The topological polar surface area (TPSA) is 41.3 Å². The molecule has 94 valence electrons. The van der Waals surface area contributed by atoms with Crippen molar-refractivity contribution in [3.8, 4) is 0 Å². The van der Waals surface area contributed by atoms with Gasteiger partial charge in [-0.15, -0.1) is 0 Å². The number of aliphatic hydroxyl groups excluding tert-OH is 1. The Hall–Kier alpha value is -1.81. The van der Waals surface area contributed by atoms with Gasteiger partial charge in [-0.1, -0.05) is 30.3 Å². The minimum absolute atomic E-state index is 0.204. The van der Waals surface area contributed by atoms with Gasteiger partial charge in [-0.2, -0.15) is 5.10 Å². The van der Waals surface area contributed by atoms with E-state index in [0.29, 0.717) is 6.54 Å². The molecule has 0 bridgehead atoms. The second-order valence-corrected chi connectivity index (χ2v) is 4.75. The maximum Gasteiger partial charge on any atom is 0.150 e. The van der Waals surface area contributed by atoms with Crippen molar-refractivity contribution in [3.05, 3.63) is 48.2 Å². The summed E-state index contributed by atoms with van der Waals surface area (Å²) in [4.78, 5) is 2.13. The van der Waals surface area contributed by atoms with Crippen molar-refractivity contribution < 1.29 is 5.11 Å². The van der Waals surface area contributed by atoms with Gasteiger partial charge in [0.25, 0.3) is 0 Å². The minimum Gasteiger partial charge on any atom is -0.391 e. The molecule has 0 saturated carbocycles. The lowest BCUT2D eigenvalue weighted by atomic mass is 10.2. The Balaban J connectivity index is 1.70. The highest BCUT2D eigenvalue weighted by Gasteiger charge is 2.21. The van der Waals surface area contributed by atoms with E-state index >= 15 is 0 Å². The van der Waals surface area contributed by atoms with E-state index < -0.39 is 0 Å². The van der Waals surface area contributed by atoms with Crippen molar-refractivity contribution in [1.29, 1.82) is 0 Å². The zero-order valence-corrected chi connectivity index (χ0v) is 10.2. The summed E-state index contributed by atoms with van der Waals surface area (Å²) in [6, 6.07) is 12.3. The molecule has 1 saturated heterocycles. The molecule has 3 rings (SSSR count). The number of aromatic nitrogens is 2. The van der Waals surface area contributed by atoms with E-state index in [9.17, 15) is 5.11 Å². The molecule has 1 aromatic heterocycles. The van der Waals surface area contributed by atoms with Gasteiger partial charge >= 0.3 is 0 Å². The average molecular weight is 243 g/mol. The molecule has 1 aromatic carbocycles. The number of β-amino-alcohol motifs (C(OH)–C–C–N with tert-alkyl or cyclic N) is 1. The van der Waals surface area contributed by atoms with E-state index in [-0.39, 0.29) is 6.10 Å². The zero-order valence-electron chi connectivity index (χ0n) is 10.2. The standard InChI is InChI=1S/C14H17N3O/c18-13-6-8-16(11-13)14-7-9-17(15-14)10-12-4-2-1-3-5-12/h1-5,7,9,13,18H,6,8,10-11H2. The summed E-state index contributed by atoms with van der Waals surface area (Å²) in [5.74, 6) is 0.961. The fourth-order valence-electron chi connectivity index (χ4n) is 2.33. The molecule has 2 heterocycles. The first-order chi connectivity index (χ1) is 8.81. The van der Waals surface area contributed by atoms with E-state index in [0.717, 1.165) is 25.3 Å². The van der Waals surface area contributed by atoms with Gasteiger partial charge in [-0.3, -0.25) is 4.68 Å². The third kappa shape index (κ3) is 2.38. The molecule has 4 heteroatoms. The number of aliphatic hydroxyl groups is 1. The maximum absolute atomic E-state index is 9.53. The van der Waals surface area contributed by atoms with Gasteiger partial charge in [0, 0.05) is 25.4 Å². The third-order valence-corrected chi connectivity index (χ3v) is 3.30. The van der Waals surface area contributed by atoms with Gasteiger partial charge in [-0.05, 0) is 12.0 Å². The maximum atomic E-state index is 9.53. The van der Waals surface area contributed by atoms with E-state index in [1.54, 1.807) is 0 Å². The quantitative estimate of drug-likeness (QED) is 0.888. The second kappa shape index (κ2) is 4.82. The van der Waals surface area contributed by atoms with Crippen molar-refractivity contribution >= 4 is 5.82 Å². The summed E-state index contributed by atoms with van der Waals surface area (Å²) in [5.41, 5.74) is 1.24. The van der Waals surface area contributed by atoms with Crippen LogP contribution in [0.4, 0.5) is 5.82 Å². The summed E-state index contributed by atoms with van der Waals surface area (Å²) in [6.07, 6.45) is 2.63. The van der Waals surface area contributed by atoms with Crippen LogP contribution in [0.3, 0.4) is 0 Å².